The van der Waals surface area contributed by atoms with Crippen LogP contribution in [0, 0.1) is 0 Å². The van der Waals surface area contributed by atoms with E-state index in [4.69, 9.17) is 4.74 Å². The molecule has 2 atom stereocenters. The molecular weight excluding hydrogens is 538 g/mol. The van der Waals surface area contributed by atoms with Crippen LogP contribution in [0.15, 0.2) is 54.6 Å². The minimum atomic E-state index is -0.904. The number of benzene rings is 2. The minimum Gasteiger partial charge on any atom is -0.444 e. The summed E-state index contributed by atoms with van der Waals surface area (Å²) in [5, 5.41) is 5.96. The number of ether oxygens (including phenoxy) is 1. The molecule has 0 bridgehead atoms. The van der Waals surface area contributed by atoms with Gasteiger partial charge in [-0.25, -0.2) is 4.79 Å². The monoisotopic (exact) mass is 593 g/mol. The predicted molar refractivity (Wildman–Crippen MR) is 175 cm³/mol. The molecular formula is C36H55N3O4. The standard InChI is InChI=1S/C36H55N3O4/c1-7-10-12-13-18-26-39(32(33(40)37-25-17-11-8-2)30-23-21-28(9-3)22-24-30)34(41)31(27-29-19-15-14-16-20-29)38-35(42)43-36(4,5)6/h14-16,19-24,31-32H,7-13,17-18,25-27H2,1-6H3,(H,37,40)(H,38,42). The number of alkyl carbamates (subject to hydrolysis) is 1. The quantitative estimate of drug-likeness (QED) is 0.175. The molecule has 2 aromatic carbocycles. The third-order valence-corrected chi connectivity index (χ3v) is 7.40. The van der Waals surface area contributed by atoms with Crippen LogP contribution in [0.1, 0.15) is 116 Å². The van der Waals surface area contributed by atoms with Gasteiger partial charge < -0.3 is 20.3 Å². The number of carbonyl (C=O) groups excluding carboxylic acids is 3. The zero-order valence-electron chi connectivity index (χ0n) is 27.4. The first-order valence-corrected chi connectivity index (χ1v) is 16.3. The summed E-state index contributed by atoms with van der Waals surface area (Å²) in [7, 11) is 0. The van der Waals surface area contributed by atoms with Gasteiger partial charge in [-0.05, 0) is 56.7 Å². The Morgan fingerprint density at radius 1 is 0.791 bits per heavy atom. The molecule has 0 spiro atoms. The highest BCUT2D eigenvalue weighted by atomic mass is 16.6. The first-order valence-electron chi connectivity index (χ1n) is 16.3. The Morgan fingerprint density at radius 2 is 1.42 bits per heavy atom. The van der Waals surface area contributed by atoms with Gasteiger partial charge in [-0.3, -0.25) is 9.59 Å². The van der Waals surface area contributed by atoms with Crippen molar-refractivity contribution in [3.8, 4) is 0 Å². The Morgan fingerprint density at radius 3 is 2.02 bits per heavy atom. The molecule has 0 radical (unpaired) electrons. The highest BCUT2D eigenvalue weighted by molar-refractivity contribution is 5.92. The predicted octanol–water partition coefficient (Wildman–Crippen LogP) is 7.53. The van der Waals surface area contributed by atoms with Gasteiger partial charge in [0.15, 0.2) is 0 Å². The summed E-state index contributed by atoms with van der Waals surface area (Å²) in [6.07, 6.45) is 8.51. The van der Waals surface area contributed by atoms with Crippen molar-refractivity contribution in [3.05, 3.63) is 71.3 Å². The van der Waals surface area contributed by atoms with Gasteiger partial charge >= 0.3 is 6.09 Å². The van der Waals surface area contributed by atoms with Crippen molar-refractivity contribution in [2.45, 2.75) is 123 Å². The SMILES string of the molecule is CCCCCCCN(C(=O)C(Cc1ccccc1)NC(=O)OC(C)(C)C)C(C(=O)NCCCCC)c1ccc(CC)cc1. The molecule has 0 saturated carbocycles. The van der Waals surface area contributed by atoms with E-state index in [1.165, 1.54) is 0 Å². The highest BCUT2D eigenvalue weighted by Gasteiger charge is 2.36. The van der Waals surface area contributed by atoms with Crippen molar-refractivity contribution in [3.63, 3.8) is 0 Å². The Balaban J connectivity index is 2.51. The second kappa shape index (κ2) is 19.0. The van der Waals surface area contributed by atoms with Gasteiger partial charge in [0.1, 0.15) is 17.7 Å². The van der Waals surface area contributed by atoms with E-state index in [1.54, 1.807) is 25.7 Å². The number of rotatable bonds is 18. The number of hydrogen-bond donors (Lipinski definition) is 2. The number of hydrogen-bond acceptors (Lipinski definition) is 4. The smallest absolute Gasteiger partial charge is 0.408 e. The van der Waals surface area contributed by atoms with Gasteiger partial charge in [-0.2, -0.15) is 0 Å². The number of aryl methyl sites for hydroxylation is 1. The fraction of sp³-hybridized carbons (Fsp3) is 0.583. The van der Waals surface area contributed by atoms with E-state index in [9.17, 15) is 14.4 Å². The fourth-order valence-corrected chi connectivity index (χ4v) is 5.04. The topological polar surface area (TPSA) is 87.7 Å². The Hall–Kier alpha value is -3.35. The van der Waals surface area contributed by atoms with Crippen LogP contribution in [0.2, 0.25) is 0 Å². The van der Waals surface area contributed by atoms with Crippen LogP contribution in [-0.2, 0) is 27.2 Å². The maximum atomic E-state index is 14.6. The molecule has 0 aliphatic carbocycles. The zero-order chi connectivity index (χ0) is 31.7. The molecule has 3 amide bonds. The number of nitrogens with one attached hydrogen (secondary N) is 2. The molecule has 0 aromatic heterocycles. The average molecular weight is 594 g/mol. The zero-order valence-corrected chi connectivity index (χ0v) is 27.4. The van der Waals surface area contributed by atoms with E-state index in [0.29, 0.717) is 13.1 Å². The maximum Gasteiger partial charge on any atom is 0.408 e. The van der Waals surface area contributed by atoms with Crippen molar-refractivity contribution >= 4 is 17.9 Å². The van der Waals surface area contributed by atoms with E-state index in [-0.39, 0.29) is 18.2 Å². The molecule has 2 N–H and O–H groups in total. The number of carbonyl (C=O) groups is 3. The van der Waals surface area contributed by atoms with E-state index < -0.39 is 23.8 Å². The summed E-state index contributed by atoms with van der Waals surface area (Å²) in [4.78, 5) is 43.1. The van der Waals surface area contributed by atoms with Crippen molar-refractivity contribution in [2.24, 2.45) is 0 Å². The lowest BCUT2D eigenvalue weighted by atomic mass is 9.98. The molecule has 0 heterocycles. The van der Waals surface area contributed by atoms with E-state index in [0.717, 1.165) is 74.5 Å². The van der Waals surface area contributed by atoms with Crippen LogP contribution in [0.3, 0.4) is 0 Å². The molecule has 238 valence electrons. The van der Waals surface area contributed by atoms with E-state index in [1.807, 2.05) is 54.6 Å². The second-order valence-corrected chi connectivity index (χ2v) is 12.3. The van der Waals surface area contributed by atoms with Crippen LogP contribution in [0.4, 0.5) is 4.79 Å². The van der Waals surface area contributed by atoms with Crippen LogP contribution in [0.5, 0.6) is 0 Å². The molecule has 0 saturated heterocycles. The number of unbranched alkanes of at least 4 members (excludes halogenated alkanes) is 6. The summed E-state index contributed by atoms with van der Waals surface area (Å²) < 4.78 is 5.56. The summed E-state index contributed by atoms with van der Waals surface area (Å²) in [6, 6.07) is 15.9. The van der Waals surface area contributed by atoms with Crippen LogP contribution < -0.4 is 10.6 Å². The molecule has 7 heteroatoms. The van der Waals surface area contributed by atoms with Crippen LogP contribution in [0.25, 0.3) is 0 Å². The van der Waals surface area contributed by atoms with Gasteiger partial charge in [-0.15, -0.1) is 0 Å². The Bertz CT molecular complexity index is 1100. The van der Waals surface area contributed by atoms with Crippen molar-refractivity contribution in [1.29, 1.82) is 0 Å². The summed E-state index contributed by atoms with van der Waals surface area (Å²) >= 11 is 0. The molecule has 2 unspecified atom stereocenters. The Labute approximate surface area is 260 Å². The largest absolute Gasteiger partial charge is 0.444 e. The third kappa shape index (κ3) is 13.2. The molecule has 0 fully saturated rings. The average Bonchev–Trinajstić information content (AvgIpc) is 2.97. The number of amides is 3. The summed E-state index contributed by atoms with van der Waals surface area (Å²) in [5.41, 5.74) is 2.12. The lowest BCUT2D eigenvalue weighted by molar-refractivity contribution is -0.142. The van der Waals surface area contributed by atoms with E-state index in [2.05, 4.69) is 31.4 Å². The van der Waals surface area contributed by atoms with Gasteiger partial charge in [0, 0.05) is 19.5 Å². The molecule has 0 aliphatic heterocycles. The minimum absolute atomic E-state index is 0.196. The van der Waals surface area contributed by atoms with Crippen LogP contribution in [-0.4, -0.2) is 47.5 Å². The lowest BCUT2D eigenvalue weighted by Gasteiger charge is -2.35. The maximum absolute atomic E-state index is 14.6. The van der Waals surface area contributed by atoms with Crippen molar-refractivity contribution in [2.75, 3.05) is 13.1 Å². The summed E-state index contributed by atoms with van der Waals surface area (Å²) in [5.74, 6) is -0.489. The molecule has 2 rings (SSSR count). The molecule has 7 nitrogen and oxygen atoms in total. The lowest BCUT2D eigenvalue weighted by Crippen LogP contribution is -2.54. The normalized spacial score (nSPS) is 12.7. The van der Waals surface area contributed by atoms with Gasteiger partial charge in [0.25, 0.3) is 0 Å². The van der Waals surface area contributed by atoms with Crippen molar-refractivity contribution in [1.82, 2.24) is 15.5 Å². The first-order chi connectivity index (χ1) is 20.6. The molecule has 43 heavy (non-hydrogen) atoms. The van der Waals surface area contributed by atoms with Gasteiger partial charge in [0.05, 0.1) is 0 Å². The highest BCUT2D eigenvalue weighted by Crippen LogP contribution is 2.25. The van der Waals surface area contributed by atoms with Gasteiger partial charge in [-0.1, -0.05) is 114 Å². The van der Waals surface area contributed by atoms with Gasteiger partial charge in [0.2, 0.25) is 11.8 Å². The third-order valence-electron chi connectivity index (χ3n) is 7.40. The fourth-order valence-electron chi connectivity index (χ4n) is 5.04. The number of nitrogens with zero attached hydrogens (tertiary/aromatic N) is 1. The summed E-state index contributed by atoms with van der Waals surface area (Å²) in [6.45, 7) is 12.7. The van der Waals surface area contributed by atoms with Crippen molar-refractivity contribution < 1.29 is 19.1 Å². The first kappa shape index (κ1) is 35.8. The molecule has 0 aliphatic rings. The second-order valence-electron chi connectivity index (χ2n) is 12.3. The van der Waals surface area contributed by atoms with E-state index >= 15 is 0 Å². The Kier molecular flexibility index (Phi) is 15.9. The molecule has 2 aromatic rings. The van der Waals surface area contributed by atoms with Crippen LogP contribution >= 0.6 is 0 Å².